The first-order valence-electron chi connectivity index (χ1n) is 6.07. The Morgan fingerprint density at radius 3 is 2.47 bits per heavy atom. The van der Waals surface area contributed by atoms with Crippen LogP contribution in [0.3, 0.4) is 0 Å². The van der Waals surface area contributed by atoms with Crippen LogP contribution in [0.2, 0.25) is 0 Å². The van der Waals surface area contributed by atoms with Gasteiger partial charge in [-0.15, -0.1) is 0 Å². The smallest absolute Gasteiger partial charge is 0.126 e. The Hall–Kier alpha value is -0.930. The second kappa shape index (κ2) is 6.12. The van der Waals surface area contributed by atoms with Gasteiger partial charge in [0, 0.05) is 18.6 Å². The van der Waals surface area contributed by atoms with Crippen LogP contribution < -0.4 is 5.32 Å². The van der Waals surface area contributed by atoms with Gasteiger partial charge < -0.3 is 10.2 Å². The van der Waals surface area contributed by atoms with Crippen molar-refractivity contribution < 1.29 is 4.39 Å². The predicted molar refractivity (Wildman–Crippen MR) is 70.7 cm³/mol. The molecule has 1 aromatic rings. The van der Waals surface area contributed by atoms with Gasteiger partial charge in [0.2, 0.25) is 0 Å². The van der Waals surface area contributed by atoms with Crippen LogP contribution in [0.1, 0.15) is 31.0 Å². The van der Waals surface area contributed by atoms with Gasteiger partial charge in [0.25, 0.3) is 0 Å². The highest BCUT2D eigenvalue weighted by molar-refractivity contribution is 5.25. The molecule has 3 heteroatoms. The summed E-state index contributed by atoms with van der Waals surface area (Å²) in [5, 5.41) is 3.42. The average molecular weight is 238 g/mol. The van der Waals surface area contributed by atoms with Crippen molar-refractivity contribution in [2.45, 2.75) is 32.9 Å². The van der Waals surface area contributed by atoms with Crippen molar-refractivity contribution in [3.63, 3.8) is 0 Å². The number of aryl methyl sites for hydroxylation is 1. The Kier molecular flexibility index (Phi) is 5.09. The number of nitrogens with one attached hydrogen (secondary N) is 1. The first-order chi connectivity index (χ1) is 7.91. The minimum atomic E-state index is -0.128. The van der Waals surface area contributed by atoms with Crippen LogP contribution in [0.25, 0.3) is 0 Å². The molecule has 2 unspecified atom stereocenters. The lowest BCUT2D eigenvalue weighted by atomic mass is 10.1. The zero-order valence-electron chi connectivity index (χ0n) is 11.4. The quantitative estimate of drug-likeness (QED) is 0.848. The number of hydrogen-bond acceptors (Lipinski definition) is 2. The fourth-order valence-electron chi connectivity index (χ4n) is 1.53. The molecular weight excluding hydrogens is 215 g/mol. The highest BCUT2D eigenvalue weighted by Gasteiger charge is 2.10. The molecular formula is C14H23FN2. The molecule has 1 aromatic carbocycles. The summed E-state index contributed by atoms with van der Waals surface area (Å²) in [5.41, 5.74) is 1.70. The van der Waals surface area contributed by atoms with E-state index in [2.05, 4.69) is 38.2 Å². The summed E-state index contributed by atoms with van der Waals surface area (Å²) < 4.78 is 13.4. The number of rotatable bonds is 5. The lowest BCUT2D eigenvalue weighted by molar-refractivity contribution is 0.295. The van der Waals surface area contributed by atoms with Gasteiger partial charge >= 0.3 is 0 Å². The molecule has 2 atom stereocenters. The van der Waals surface area contributed by atoms with E-state index in [0.29, 0.717) is 11.6 Å². The van der Waals surface area contributed by atoms with E-state index in [1.54, 1.807) is 13.0 Å². The van der Waals surface area contributed by atoms with E-state index in [0.717, 1.165) is 12.1 Å². The molecule has 1 rings (SSSR count). The lowest BCUT2D eigenvalue weighted by Gasteiger charge is -2.23. The fraction of sp³-hybridized carbons (Fsp3) is 0.571. The van der Waals surface area contributed by atoms with Crippen LogP contribution in [-0.2, 0) is 0 Å². The minimum absolute atomic E-state index is 0.128. The number of halogens is 1. The lowest BCUT2D eigenvalue weighted by Crippen LogP contribution is -2.36. The van der Waals surface area contributed by atoms with Gasteiger partial charge in [-0.05, 0) is 52.1 Å². The van der Waals surface area contributed by atoms with Gasteiger partial charge in [-0.25, -0.2) is 4.39 Å². The molecule has 0 aromatic heterocycles. The first kappa shape index (κ1) is 14.1. The average Bonchev–Trinajstić information content (AvgIpc) is 2.28. The van der Waals surface area contributed by atoms with Gasteiger partial charge in [-0.1, -0.05) is 12.1 Å². The molecule has 0 saturated carbocycles. The van der Waals surface area contributed by atoms with Crippen molar-refractivity contribution in [1.82, 2.24) is 10.2 Å². The van der Waals surface area contributed by atoms with Gasteiger partial charge in [-0.3, -0.25) is 0 Å². The molecule has 96 valence electrons. The molecule has 0 amide bonds. The molecule has 0 aliphatic heterocycles. The molecule has 0 heterocycles. The van der Waals surface area contributed by atoms with Gasteiger partial charge in [0.05, 0.1) is 0 Å². The SMILES string of the molecule is Cc1ccc(C(C)NCC(C)N(C)C)cc1F. The summed E-state index contributed by atoms with van der Waals surface area (Å²) in [6, 6.07) is 6.07. The molecule has 0 saturated heterocycles. The first-order valence-corrected chi connectivity index (χ1v) is 6.07. The molecule has 0 spiro atoms. The van der Waals surface area contributed by atoms with Crippen LogP contribution in [0.4, 0.5) is 4.39 Å². The van der Waals surface area contributed by atoms with E-state index in [1.807, 2.05) is 12.1 Å². The number of hydrogen-bond donors (Lipinski definition) is 1. The molecule has 0 fully saturated rings. The molecule has 0 radical (unpaired) electrons. The number of likely N-dealkylation sites (N-methyl/N-ethyl adjacent to an activating group) is 1. The van der Waals surface area contributed by atoms with E-state index >= 15 is 0 Å². The maximum Gasteiger partial charge on any atom is 0.126 e. The highest BCUT2D eigenvalue weighted by Crippen LogP contribution is 2.16. The van der Waals surface area contributed by atoms with Crippen molar-refractivity contribution >= 4 is 0 Å². The van der Waals surface area contributed by atoms with E-state index < -0.39 is 0 Å². The zero-order chi connectivity index (χ0) is 13.0. The van der Waals surface area contributed by atoms with Crippen molar-refractivity contribution in [1.29, 1.82) is 0 Å². The zero-order valence-corrected chi connectivity index (χ0v) is 11.4. The Morgan fingerprint density at radius 2 is 1.94 bits per heavy atom. The number of benzene rings is 1. The van der Waals surface area contributed by atoms with Crippen LogP contribution in [0, 0.1) is 12.7 Å². The summed E-state index contributed by atoms with van der Waals surface area (Å²) in [6.45, 7) is 6.90. The van der Waals surface area contributed by atoms with Crippen LogP contribution in [-0.4, -0.2) is 31.6 Å². The fourth-order valence-corrected chi connectivity index (χ4v) is 1.53. The Balaban J connectivity index is 2.58. The Bertz CT molecular complexity index is 363. The van der Waals surface area contributed by atoms with Gasteiger partial charge in [-0.2, -0.15) is 0 Å². The normalized spacial score (nSPS) is 15.0. The molecule has 17 heavy (non-hydrogen) atoms. The van der Waals surface area contributed by atoms with E-state index in [-0.39, 0.29) is 11.9 Å². The van der Waals surface area contributed by atoms with Crippen molar-refractivity contribution in [3.05, 3.63) is 35.1 Å². The third-order valence-electron chi connectivity index (χ3n) is 3.30. The standard InChI is InChI=1S/C14H23FN2/c1-10-6-7-13(8-14(10)15)12(3)16-9-11(2)17(4)5/h6-8,11-12,16H,9H2,1-5H3. The van der Waals surface area contributed by atoms with Gasteiger partial charge in [0.1, 0.15) is 5.82 Å². The second-order valence-corrected chi connectivity index (χ2v) is 4.95. The topological polar surface area (TPSA) is 15.3 Å². The van der Waals surface area contributed by atoms with Crippen molar-refractivity contribution in [2.24, 2.45) is 0 Å². The largest absolute Gasteiger partial charge is 0.309 e. The van der Waals surface area contributed by atoms with E-state index in [1.165, 1.54) is 0 Å². The van der Waals surface area contributed by atoms with E-state index in [9.17, 15) is 4.39 Å². The third kappa shape index (κ3) is 4.10. The summed E-state index contributed by atoms with van der Waals surface area (Å²) in [5.74, 6) is -0.128. The third-order valence-corrected chi connectivity index (χ3v) is 3.30. The molecule has 0 bridgehead atoms. The summed E-state index contributed by atoms with van der Waals surface area (Å²) >= 11 is 0. The van der Waals surface area contributed by atoms with Crippen molar-refractivity contribution in [3.8, 4) is 0 Å². The maximum absolute atomic E-state index is 13.4. The molecule has 0 aliphatic carbocycles. The predicted octanol–water partition coefficient (Wildman–Crippen LogP) is 2.73. The molecule has 0 aliphatic rings. The Labute approximate surface area is 104 Å². The second-order valence-electron chi connectivity index (χ2n) is 4.95. The highest BCUT2D eigenvalue weighted by atomic mass is 19.1. The molecule has 2 nitrogen and oxygen atoms in total. The summed E-state index contributed by atoms with van der Waals surface area (Å²) in [6.07, 6.45) is 0. The number of nitrogens with zero attached hydrogens (tertiary/aromatic N) is 1. The van der Waals surface area contributed by atoms with E-state index in [4.69, 9.17) is 0 Å². The monoisotopic (exact) mass is 238 g/mol. The van der Waals surface area contributed by atoms with Gasteiger partial charge in [0.15, 0.2) is 0 Å². The summed E-state index contributed by atoms with van der Waals surface area (Å²) in [7, 11) is 4.12. The summed E-state index contributed by atoms with van der Waals surface area (Å²) in [4.78, 5) is 2.16. The van der Waals surface area contributed by atoms with Crippen LogP contribution in [0.15, 0.2) is 18.2 Å². The Morgan fingerprint density at radius 1 is 1.29 bits per heavy atom. The maximum atomic E-state index is 13.4. The van der Waals surface area contributed by atoms with Crippen molar-refractivity contribution in [2.75, 3.05) is 20.6 Å². The molecule has 1 N–H and O–H groups in total. The van der Waals surface area contributed by atoms with Crippen LogP contribution >= 0.6 is 0 Å². The minimum Gasteiger partial charge on any atom is -0.309 e. The van der Waals surface area contributed by atoms with Crippen LogP contribution in [0.5, 0.6) is 0 Å².